The Balaban J connectivity index is 2.22. The lowest BCUT2D eigenvalue weighted by Crippen LogP contribution is -2.43. The first-order valence-electron chi connectivity index (χ1n) is 7.35. The molecule has 0 aliphatic rings. The van der Waals surface area contributed by atoms with Crippen molar-refractivity contribution < 1.29 is 14.7 Å². The quantitative estimate of drug-likeness (QED) is 0.822. The molecule has 2 aromatic rings. The van der Waals surface area contributed by atoms with E-state index in [-0.39, 0.29) is 12.5 Å². The summed E-state index contributed by atoms with van der Waals surface area (Å²) in [7, 11) is 0. The molecule has 22 heavy (non-hydrogen) atoms. The maximum absolute atomic E-state index is 12.5. The number of aliphatic carboxylic acids is 1. The van der Waals surface area contributed by atoms with Gasteiger partial charge in [-0.15, -0.1) is 11.3 Å². The highest BCUT2D eigenvalue weighted by molar-refractivity contribution is 7.18. The average Bonchev–Trinajstić information content (AvgIpc) is 2.92. The van der Waals surface area contributed by atoms with E-state index in [2.05, 4.69) is 10.3 Å². The summed E-state index contributed by atoms with van der Waals surface area (Å²) in [6, 6.07) is 7.88. The molecule has 0 aliphatic heterocycles. The second kappa shape index (κ2) is 6.87. The molecule has 0 bridgehead atoms. The Kier molecular flexibility index (Phi) is 5.13. The lowest BCUT2D eigenvalue weighted by Gasteiger charge is -2.29. The number of benzene rings is 1. The molecule has 0 atom stereocenters. The molecule has 0 saturated carbocycles. The fraction of sp³-hybridized carbons (Fsp3) is 0.438. The molecular weight excluding hydrogens is 300 g/mol. The maximum atomic E-state index is 12.5. The van der Waals surface area contributed by atoms with E-state index in [9.17, 15) is 9.59 Å². The Morgan fingerprint density at radius 1 is 1.27 bits per heavy atom. The number of hydrogen-bond acceptors (Lipinski definition) is 4. The molecule has 1 amide bonds. The summed E-state index contributed by atoms with van der Waals surface area (Å²) in [5.74, 6) is -1.24. The van der Waals surface area contributed by atoms with Gasteiger partial charge in [0.2, 0.25) is 5.91 Å². The lowest BCUT2D eigenvalue weighted by molar-refractivity contribution is -0.140. The fourth-order valence-electron chi connectivity index (χ4n) is 2.53. The topological polar surface area (TPSA) is 79.3 Å². The predicted molar refractivity (Wildman–Crippen MR) is 87.0 cm³/mol. The second-order valence-corrected chi connectivity index (χ2v) is 6.43. The number of rotatable bonds is 7. The van der Waals surface area contributed by atoms with E-state index >= 15 is 0 Å². The van der Waals surface area contributed by atoms with Crippen LogP contribution in [0.2, 0.25) is 0 Å². The van der Waals surface area contributed by atoms with Crippen LogP contribution in [0, 0.1) is 5.41 Å². The van der Waals surface area contributed by atoms with Gasteiger partial charge in [0.1, 0.15) is 6.54 Å². The van der Waals surface area contributed by atoms with E-state index in [1.807, 2.05) is 38.1 Å². The lowest BCUT2D eigenvalue weighted by atomic mass is 9.78. The number of carboxylic acid groups (broad SMARTS) is 1. The summed E-state index contributed by atoms with van der Waals surface area (Å²) in [6.45, 7) is 3.56. The van der Waals surface area contributed by atoms with Crippen LogP contribution in [0.25, 0.3) is 10.2 Å². The number of hydrogen-bond donors (Lipinski definition) is 2. The maximum Gasteiger partial charge on any atom is 0.322 e. The smallest absolute Gasteiger partial charge is 0.322 e. The third-order valence-electron chi connectivity index (χ3n) is 4.06. The minimum Gasteiger partial charge on any atom is -0.480 e. The molecule has 0 spiro atoms. The molecule has 1 aromatic heterocycles. The summed E-state index contributed by atoms with van der Waals surface area (Å²) in [6.07, 6.45) is 1.82. The van der Waals surface area contributed by atoms with Crippen LogP contribution in [-0.2, 0) is 16.0 Å². The van der Waals surface area contributed by atoms with Gasteiger partial charge in [0, 0.05) is 6.42 Å². The van der Waals surface area contributed by atoms with Crippen molar-refractivity contribution in [1.29, 1.82) is 0 Å². The van der Waals surface area contributed by atoms with Crippen molar-refractivity contribution >= 4 is 33.4 Å². The molecule has 1 aromatic carbocycles. The van der Waals surface area contributed by atoms with Gasteiger partial charge in [-0.1, -0.05) is 26.0 Å². The van der Waals surface area contributed by atoms with Crippen molar-refractivity contribution in [2.45, 2.75) is 33.1 Å². The van der Waals surface area contributed by atoms with Crippen molar-refractivity contribution in [3.8, 4) is 0 Å². The van der Waals surface area contributed by atoms with Gasteiger partial charge in [-0.3, -0.25) is 9.59 Å². The van der Waals surface area contributed by atoms with Gasteiger partial charge in [-0.25, -0.2) is 4.98 Å². The van der Waals surface area contributed by atoms with Gasteiger partial charge in [0.25, 0.3) is 0 Å². The van der Waals surface area contributed by atoms with Crippen molar-refractivity contribution in [3.05, 3.63) is 29.3 Å². The molecule has 0 saturated heterocycles. The Bertz CT molecular complexity index is 644. The van der Waals surface area contributed by atoms with Crippen LogP contribution in [0.4, 0.5) is 0 Å². The monoisotopic (exact) mass is 320 g/mol. The summed E-state index contributed by atoms with van der Waals surface area (Å²) >= 11 is 1.59. The molecular formula is C16H20N2O3S. The molecule has 2 N–H and O–H groups in total. The number of para-hydroxylation sites is 1. The summed E-state index contributed by atoms with van der Waals surface area (Å²) < 4.78 is 1.10. The minimum atomic E-state index is -1.03. The summed E-state index contributed by atoms with van der Waals surface area (Å²) in [4.78, 5) is 27.7. The third-order valence-corrected chi connectivity index (χ3v) is 5.10. The number of amides is 1. The fourth-order valence-corrected chi connectivity index (χ4v) is 3.64. The molecule has 5 nitrogen and oxygen atoms in total. The van der Waals surface area contributed by atoms with E-state index in [0.29, 0.717) is 19.3 Å². The van der Waals surface area contributed by atoms with Crippen LogP contribution in [-0.4, -0.2) is 28.5 Å². The minimum absolute atomic E-state index is 0.209. The number of aromatic nitrogens is 1. The molecule has 118 valence electrons. The van der Waals surface area contributed by atoms with E-state index in [0.717, 1.165) is 15.2 Å². The number of carbonyl (C=O) groups is 2. The number of carbonyl (C=O) groups excluding carboxylic acids is 1. The van der Waals surface area contributed by atoms with E-state index in [1.54, 1.807) is 11.3 Å². The average molecular weight is 320 g/mol. The predicted octanol–water partition coefficient (Wildman–Crippen LogP) is 2.85. The van der Waals surface area contributed by atoms with E-state index in [4.69, 9.17) is 5.11 Å². The Morgan fingerprint density at radius 3 is 2.55 bits per heavy atom. The highest BCUT2D eigenvalue weighted by Crippen LogP contribution is 2.34. The highest BCUT2D eigenvalue weighted by atomic mass is 32.1. The Labute approximate surface area is 133 Å². The van der Waals surface area contributed by atoms with E-state index < -0.39 is 11.4 Å². The van der Waals surface area contributed by atoms with Crippen LogP contribution in [0.5, 0.6) is 0 Å². The van der Waals surface area contributed by atoms with Crippen molar-refractivity contribution in [1.82, 2.24) is 10.3 Å². The highest BCUT2D eigenvalue weighted by Gasteiger charge is 2.36. The SMILES string of the molecule is CCC(CC)(Cc1nc2ccccc2s1)C(=O)NCC(=O)O. The van der Waals surface area contributed by atoms with Crippen molar-refractivity contribution in [3.63, 3.8) is 0 Å². The third kappa shape index (κ3) is 3.44. The van der Waals surface area contributed by atoms with Gasteiger partial charge < -0.3 is 10.4 Å². The van der Waals surface area contributed by atoms with Crippen LogP contribution in [0.1, 0.15) is 31.7 Å². The number of fused-ring (bicyclic) bond motifs is 1. The molecule has 0 unspecified atom stereocenters. The second-order valence-electron chi connectivity index (χ2n) is 5.32. The zero-order chi connectivity index (χ0) is 16.2. The molecule has 1 heterocycles. The van der Waals surface area contributed by atoms with Crippen LogP contribution in [0.15, 0.2) is 24.3 Å². The van der Waals surface area contributed by atoms with Crippen molar-refractivity contribution in [2.24, 2.45) is 5.41 Å². The standard InChI is InChI=1S/C16H20N2O3S/c1-3-16(4-2,15(21)17-10-14(19)20)9-13-18-11-7-5-6-8-12(11)22-13/h5-8H,3-4,9-10H2,1-2H3,(H,17,21)(H,19,20). The van der Waals surface area contributed by atoms with Crippen molar-refractivity contribution in [2.75, 3.05) is 6.54 Å². The molecule has 0 aliphatic carbocycles. The number of thiazole rings is 1. The van der Waals surface area contributed by atoms with Gasteiger partial charge >= 0.3 is 5.97 Å². The first-order valence-corrected chi connectivity index (χ1v) is 8.17. The van der Waals surface area contributed by atoms with Crippen LogP contribution in [0.3, 0.4) is 0 Å². The largest absolute Gasteiger partial charge is 0.480 e. The Morgan fingerprint density at radius 2 is 1.95 bits per heavy atom. The van der Waals surface area contributed by atoms with Crippen LogP contribution < -0.4 is 5.32 Å². The number of nitrogens with one attached hydrogen (secondary N) is 1. The molecule has 2 rings (SSSR count). The number of carboxylic acids is 1. The van der Waals surface area contributed by atoms with Gasteiger partial charge in [0.05, 0.1) is 20.6 Å². The number of nitrogens with zero attached hydrogens (tertiary/aromatic N) is 1. The van der Waals surface area contributed by atoms with Gasteiger partial charge in [-0.2, -0.15) is 0 Å². The normalized spacial score (nSPS) is 11.5. The van der Waals surface area contributed by atoms with E-state index in [1.165, 1.54) is 0 Å². The first-order chi connectivity index (χ1) is 10.5. The first kappa shape index (κ1) is 16.4. The van der Waals surface area contributed by atoms with Crippen LogP contribution >= 0.6 is 11.3 Å². The van der Waals surface area contributed by atoms with Gasteiger partial charge in [-0.05, 0) is 25.0 Å². The van der Waals surface area contributed by atoms with Gasteiger partial charge in [0.15, 0.2) is 0 Å². The zero-order valence-corrected chi connectivity index (χ0v) is 13.6. The molecule has 6 heteroatoms. The molecule has 0 radical (unpaired) electrons. The summed E-state index contributed by atoms with van der Waals surface area (Å²) in [5.41, 5.74) is 0.332. The zero-order valence-electron chi connectivity index (χ0n) is 12.8. The summed E-state index contributed by atoms with van der Waals surface area (Å²) in [5, 5.41) is 12.2. The molecule has 0 fully saturated rings. The Hall–Kier alpha value is -1.95.